The van der Waals surface area contributed by atoms with E-state index in [0.29, 0.717) is 6.54 Å². The van der Waals surface area contributed by atoms with Gasteiger partial charge in [0.15, 0.2) is 0 Å². The third-order valence-corrected chi connectivity index (χ3v) is 7.51. The first-order valence-electron chi connectivity index (χ1n) is 12.0. The number of fused-ring (bicyclic) bond motifs is 1. The maximum Gasteiger partial charge on any atom is 0.246 e. The SMILES string of the molecule is C=CCN1C(=O)[C@H]2[C@H](C(=O)NCc3ccccc3)[C@@H]3C=C[C@]2(O3)[C@@H]1C(=O)NC1CCCCC1. The van der Waals surface area contributed by atoms with E-state index in [2.05, 4.69) is 17.2 Å². The summed E-state index contributed by atoms with van der Waals surface area (Å²) in [5, 5.41) is 6.14. The molecular formula is C26H31N3O4. The first-order valence-corrected chi connectivity index (χ1v) is 12.0. The average molecular weight is 450 g/mol. The lowest BCUT2D eigenvalue weighted by atomic mass is 9.74. The van der Waals surface area contributed by atoms with Gasteiger partial charge in [-0.25, -0.2) is 0 Å². The summed E-state index contributed by atoms with van der Waals surface area (Å²) in [7, 11) is 0. The molecule has 3 aliphatic heterocycles. The van der Waals surface area contributed by atoms with Crippen molar-refractivity contribution in [2.45, 2.75) is 62.4 Å². The minimum absolute atomic E-state index is 0.120. The summed E-state index contributed by atoms with van der Waals surface area (Å²) in [5.74, 6) is -2.02. The Morgan fingerprint density at radius 3 is 2.64 bits per heavy atom. The summed E-state index contributed by atoms with van der Waals surface area (Å²) in [5.41, 5.74) is -0.130. The highest BCUT2D eigenvalue weighted by atomic mass is 16.5. The summed E-state index contributed by atoms with van der Waals surface area (Å²) in [6, 6.07) is 8.96. The minimum atomic E-state index is -1.11. The predicted molar refractivity (Wildman–Crippen MR) is 123 cm³/mol. The molecule has 0 aromatic heterocycles. The van der Waals surface area contributed by atoms with Crippen molar-refractivity contribution in [1.82, 2.24) is 15.5 Å². The fourth-order valence-electron chi connectivity index (χ4n) is 6.03. The topological polar surface area (TPSA) is 87.7 Å². The number of nitrogens with zero attached hydrogens (tertiary/aromatic N) is 1. The van der Waals surface area contributed by atoms with Gasteiger partial charge >= 0.3 is 0 Å². The Morgan fingerprint density at radius 1 is 1.15 bits per heavy atom. The van der Waals surface area contributed by atoms with Gasteiger partial charge in [0.2, 0.25) is 17.7 Å². The molecule has 0 radical (unpaired) electrons. The maximum absolute atomic E-state index is 13.6. The molecule has 174 valence electrons. The molecule has 2 saturated heterocycles. The van der Waals surface area contributed by atoms with Crippen molar-refractivity contribution in [3.8, 4) is 0 Å². The van der Waals surface area contributed by atoms with Gasteiger partial charge in [-0.05, 0) is 18.4 Å². The molecule has 1 aromatic carbocycles. The zero-order valence-electron chi connectivity index (χ0n) is 18.7. The van der Waals surface area contributed by atoms with E-state index in [-0.39, 0.29) is 30.3 Å². The number of nitrogens with one attached hydrogen (secondary N) is 2. The van der Waals surface area contributed by atoms with Crippen LogP contribution in [0.4, 0.5) is 0 Å². The van der Waals surface area contributed by atoms with E-state index in [0.717, 1.165) is 31.2 Å². The van der Waals surface area contributed by atoms with Crippen LogP contribution in [0, 0.1) is 11.8 Å². The first kappa shape index (κ1) is 21.9. The Kier molecular flexibility index (Phi) is 5.83. The van der Waals surface area contributed by atoms with Crippen molar-refractivity contribution in [3.05, 3.63) is 60.7 Å². The highest BCUT2D eigenvalue weighted by Crippen LogP contribution is 2.55. The molecule has 3 fully saturated rings. The van der Waals surface area contributed by atoms with E-state index in [9.17, 15) is 14.4 Å². The lowest BCUT2D eigenvalue weighted by Crippen LogP contribution is -2.56. The van der Waals surface area contributed by atoms with Crippen LogP contribution in [0.3, 0.4) is 0 Å². The second-order valence-corrected chi connectivity index (χ2v) is 9.53. The number of rotatable bonds is 7. The van der Waals surface area contributed by atoms with Gasteiger partial charge in [0.1, 0.15) is 11.6 Å². The van der Waals surface area contributed by atoms with Crippen molar-refractivity contribution in [2.24, 2.45) is 11.8 Å². The number of hydrogen-bond donors (Lipinski definition) is 2. The van der Waals surface area contributed by atoms with E-state index >= 15 is 0 Å². The van der Waals surface area contributed by atoms with Crippen LogP contribution < -0.4 is 10.6 Å². The number of likely N-dealkylation sites (tertiary alicyclic amines) is 1. The highest BCUT2D eigenvalue weighted by molar-refractivity contribution is 6.00. The molecule has 5 atom stereocenters. The Labute approximate surface area is 194 Å². The quantitative estimate of drug-likeness (QED) is 0.624. The van der Waals surface area contributed by atoms with Crippen LogP contribution in [-0.4, -0.2) is 53.0 Å². The molecule has 5 rings (SSSR count). The van der Waals surface area contributed by atoms with Crippen molar-refractivity contribution in [2.75, 3.05) is 6.54 Å². The molecule has 2 bridgehead atoms. The Morgan fingerprint density at radius 2 is 1.91 bits per heavy atom. The third-order valence-electron chi connectivity index (χ3n) is 7.51. The van der Waals surface area contributed by atoms with Crippen molar-refractivity contribution in [3.63, 3.8) is 0 Å². The molecule has 3 heterocycles. The molecule has 7 heteroatoms. The van der Waals surface area contributed by atoms with Gasteiger partial charge in [0.25, 0.3) is 0 Å². The van der Waals surface area contributed by atoms with Crippen LogP contribution >= 0.6 is 0 Å². The van der Waals surface area contributed by atoms with Crippen LogP contribution in [0.1, 0.15) is 37.7 Å². The molecule has 1 aliphatic carbocycles. The summed E-state index contributed by atoms with van der Waals surface area (Å²) in [4.78, 5) is 41.8. The van der Waals surface area contributed by atoms with Crippen molar-refractivity contribution >= 4 is 17.7 Å². The highest BCUT2D eigenvalue weighted by Gasteiger charge is 2.72. The average Bonchev–Trinajstić information content (AvgIpc) is 3.47. The van der Waals surface area contributed by atoms with Gasteiger partial charge in [-0.2, -0.15) is 0 Å². The zero-order chi connectivity index (χ0) is 23.0. The molecule has 1 spiro atoms. The second kappa shape index (κ2) is 8.78. The van der Waals surface area contributed by atoms with Crippen LogP contribution in [0.2, 0.25) is 0 Å². The lowest BCUT2D eigenvalue weighted by Gasteiger charge is -2.33. The standard InChI is InChI=1S/C26H31N3O4/c1-2-15-29-22(24(31)28-18-11-7-4-8-12-18)26-14-13-19(33-26)20(21(26)25(29)32)23(30)27-16-17-9-5-3-6-10-17/h2-3,5-6,9-10,13-14,18-22H,1,4,7-8,11-12,15-16H2,(H,27,30)(H,28,31)/t19-,20+,21+,22-,26+/m0/s1. The van der Waals surface area contributed by atoms with Gasteiger partial charge in [-0.15, -0.1) is 6.58 Å². The lowest BCUT2D eigenvalue weighted by molar-refractivity contribution is -0.141. The third kappa shape index (κ3) is 3.68. The number of amides is 3. The fourth-order valence-corrected chi connectivity index (χ4v) is 6.03. The van der Waals surface area contributed by atoms with Gasteiger partial charge < -0.3 is 20.3 Å². The predicted octanol–water partition coefficient (Wildman–Crippen LogP) is 2.09. The number of carbonyl (C=O) groups excluding carboxylic acids is 3. The Balaban J connectivity index is 1.38. The van der Waals surface area contributed by atoms with Crippen LogP contribution in [0.5, 0.6) is 0 Å². The first-order chi connectivity index (χ1) is 16.0. The van der Waals surface area contributed by atoms with E-state index in [1.807, 2.05) is 42.5 Å². The summed E-state index contributed by atoms with van der Waals surface area (Å²) >= 11 is 0. The summed E-state index contributed by atoms with van der Waals surface area (Å²) in [6.07, 6.45) is 10.1. The molecule has 7 nitrogen and oxygen atoms in total. The molecule has 4 aliphatic rings. The Bertz CT molecular complexity index is 971. The maximum atomic E-state index is 13.6. The number of ether oxygens (including phenoxy) is 1. The zero-order valence-corrected chi connectivity index (χ0v) is 18.7. The molecular weight excluding hydrogens is 418 g/mol. The Hall–Kier alpha value is -2.93. The number of carbonyl (C=O) groups is 3. The monoisotopic (exact) mass is 449 g/mol. The second-order valence-electron chi connectivity index (χ2n) is 9.53. The van der Waals surface area contributed by atoms with E-state index in [4.69, 9.17) is 4.74 Å². The largest absolute Gasteiger partial charge is 0.359 e. The molecule has 2 N–H and O–H groups in total. The van der Waals surface area contributed by atoms with E-state index < -0.39 is 29.6 Å². The molecule has 33 heavy (non-hydrogen) atoms. The van der Waals surface area contributed by atoms with Gasteiger partial charge in [0.05, 0.1) is 17.9 Å². The van der Waals surface area contributed by atoms with Crippen LogP contribution in [0.25, 0.3) is 0 Å². The fraction of sp³-hybridized carbons (Fsp3) is 0.500. The smallest absolute Gasteiger partial charge is 0.246 e. The van der Waals surface area contributed by atoms with Crippen molar-refractivity contribution < 1.29 is 19.1 Å². The van der Waals surface area contributed by atoms with E-state index in [1.54, 1.807) is 11.0 Å². The molecule has 0 unspecified atom stereocenters. The minimum Gasteiger partial charge on any atom is -0.359 e. The molecule has 3 amide bonds. The van der Waals surface area contributed by atoms with Gasteiger partial charge in [-0.3, -0.25) is 14.4 Å². The number of hydrogen-bond acceptors (Lipinski definition) is 4. The molecule has 1 saturated carbocycles. The van der Waals surface area contributed by atoms with Crippen molar-refractivity contribution in [1.29, 1.82) is 0 Å². The summed E-state index contributed by atoms with van der Waals surface area (Å²) < 4.78 is 6.31. The van der Waals surface area contributed by atoms with Crippen LogP contribution in [-0.2, 0) is 25.7 Å². The van der Waals surface area contributed by atoms with Gasteiger partial charge in [0, 0.05) is 19.1 Å². The molecule has 1 aromatic rings. The number of benzene rings is 1. The van der Waals surface area contributed by atoms with E-state index in [1.165, 1.54) is 6.42 Å². The van der Waals surface area contributed by atoms with Crippen LogP contribution in [0.15, 0.2) is 55.1 Å². The summed E-state index contributed by atoms with van der Waals surface area (Å²) in [6.45, 7) is 4.39. The normalized spacial score (nSPS) is 32.6. The van der Waals surface area contributed by atoms with Gasteiger partial charge in [-0.1, -0.05) is 67.8 Å².